The molecule has 0 radical (unpaired) electrons. The van der Waals surface area contributed by atoms with E-state index >= 15 is 0 Å². The monoisotopic (exact) mass is 359 g/mol. The van der Waals surface area contributed by atoms with Crippen LogP contribution in [0.2, 0.25) is 5.02 Å². The highest BCUT2D eigenvalue weighted by atomic mass is 35.5. The van der Waals surface area contributed by atoms with Crippen molar-refractivity contribution < 1.29 is 4.79 Å². The number of anilines is 2. The van der Waals surface area contributed by atoms with Crippen LogP contribution in [-0.2, 0) is 0 Å². The van der Waals surface area contributed by atoms with E-state index in [1.54, 1.807) is 12.1 Å². The molecule has 1 N–H and O–H groups in total. The van der Waals surface area contributed by atoms with Gasteiger partial charge in [0.15, 0.2) is 0 Å². The van der Waals surface area contributed by atoms with Crippen LogP contribution in [0.3, 0.4) is 0 Å². The molecule has 1 aromatic carbocycles. The van der Waals surface area contributed by atoms with E-state index in [4.69, 9.17) is 11.6 Å². The molecule has 3 rings (SSSR count). The number of hydrogen-bond donors (Lipinski definition) is 1. The van der Waals surface area contributed by atoms with Crippen LogP contribution in [0.1, 0.15) is 23.1 Å². The number of nitrogens with zero attached hydrogens (tertiary/aromatic N) is 4. The van der Waals surface area contributed by atoms with Crippen molar-refractivity contribution in [1.82, 2.24) is 19.8 Å². The first-order valence-corrected chi connectivity index (χ1v) is 8.83. The summed E-state index contributed by atoms with van der Waals surface area (Å²) in [5.41, 5.74) is 1.86. The molecule has 2 aromatic rings. The maximum Gasteiger partial charge on any atom is 0.272 e. The third-order valence-corrected chi connectivity index (χ3v) is 4.63. The highest BCUT2D eigenvalue weighted by molar-refractivity contribution is 6.33. The lowest BCUT2D eigenvalue weighted by atomic mass is 10.2. The molecule has 0 atom stereocenters. The zero-order chi connectivity index (χ0) is 17.8. The van der Waals surface area contributed by atoms with Gasteiger partial charge in [-0.25, -0.2) is 9.97 Å². The Kier molecular flexibility index (Phi) is 5.50. The molecule has 0 saturated carbocycles. The molecule has 1 saturated heterocycles. The number of para-hydroxylation sites is 1. The minimum Gasteiger partial charge on any atom is -0.335 e. The number of aromatic nitrogens is 2. The van der Waals surface area contributed by atoms with Crippen molar-refractivity contribution in [2.45, 2.75) is 13.8 Å². The first-order valence-electron chi connectivity index (χ1n) is 8.45. The first-order chi connectivity index (χ1) is 12.1. The zero-order valence-electron chi connectivity index (χ0n) is 14.5. The molecule has 1 aromatic heterocycles. The Bertz CT molecular complexity index is 759. The molecule has 0 unspecified atom stereocenters. The van der Waals surface area contributed by atoms with Crippen LogP contribution in [0.25, 0.3) is 0 Å². The van der Waals surface area contributed by atoms with E-state index in [9.17, 15) is 4.79 Å². The van der Waals surface area contributed by atoms with E-state index in [0.717, 1.165) is 38.4 Å². The van der Waals surface area contributed by atoms with E-state index in [1.165, 1.54) is 0 Å². The Morgan fingerprint density at radius 3 is 2.60 bits per heavy atom. The molecule has 2 heterocycles. The Labute approximate surface area is 152 Å². The molecule has 1 aliphatic heterocycles. The number of hydrogen-bond acceptors (Lipinski definition) is 5. The molecule has 1 fully saturated rings. The largest absolute Gasteiger partial charge is 0.335 e. The van der Waals surface area contributed by atoms with Crippen LogP contribution >= 0.6 is 11.6 Å². The number of amides is 1. The Balaban J connectivity index is 1.77. The van der Waals surface area contributed by atoms with Crippen molar-refractivity contribution in [2.24, 2.45) is 0 Å². The normalized spacial score (nSPS) is 15.2. The number of piperazine rings is 1. The molecule has 6 nitrogen and oxygen atoms in total. The lowest BCUT2D eigenvalue weighted by Crippen LogP contribution is -2.48. The van der Waals surface area contributed by atoms with Crippen LogP contribution in [-0.4, -0.2) is 58.4 Å². The van der Waals surface area contributed by atoms with Gasteiger partial charge in [-0.2, -0.15) is 0 Å². The SMILES string of the molecule is CCN1CCN(C(=O)c2cc(C)nc(Nc3ccccc3Cl)n2)CC1. The van der Waals surface area contributed by atoms with Gasteiger partial charge in [0.1, 0.15) is 5.69 Å². The van der Waals surface area contributed by atoms with Gasteiger partial charge in [-0.15, -0.1) is 0 Å². The first kappa shape index (κ1) is 17.6. The number of likely N-dealkylation sites (N-methyl/N-ethyl adjacent to an activating group) is 1. The summed E-state index contributed by atoms with van der Waals surface area (Å²) >= 11 is 6.17. The molecular weight excluding hydrogens is 338 g/mol. The highest BCUT2D eigenvalue weighted by Gasteiger charge is 2.23. The standard InChI is InChI=1S/C18H22ClN5O/c1-3-23-8-10-24(11-9-23)17(25)16-12-13(2)20-18(22-16)21-15-7-5-4-6-14(15)19/h4-7,12H,3,8-11H2,1-2H3,(H,20,21,22). The lowest BCUT2D eigenvalue weighted by molar-refractivity contribution is 0.0637. The van der Waals surface area contributed by atoms with E-state index in [-0.39, 0.29) is 5.91 Å². The minimum atomic E-state index is -0.0524. The minimum absolute atomic E-state index is 0.0524. The lowest BCUT2D eigenvalue weighted by Gasteiger charge is -2.33. The second kappa shape index (κ2) is 7.80. The molecule has 1 aliphatic rings. The number of nitrogens with one attached hydrogen (secondary N) is 1. The summed E-state index contributed by atoms with van der Waals surface area (Å²) in [6.45, 7) is 8.25. The molecule has 132 valence electrons. The van der Waals surface area contributed by atoms with Crippen LogP contribution in [0, 0.1) is 6.92 Å². The Morgan fingerprint density at radius 2 is 1.92 bits per heavy atom. The second-order valence-corrected chi connectivity index (χ2v) is 6.46. The predicted molar refractivity (Wildman–Crippen MR) is 99.5 cm³/mol. The van der Waals surface area contributed by atoms with Gasteiger partial charge in [0.2, 0.25) is 5.95 Å². The van der Waals surface area contributed by atoms with E-state index in [1.807, 2.05) is 30.0 Å². The summed E-state index contributed by atoms with van der Waals surface area (Å²) in [6, 6.07) is 9.10. The fourth-order valence-electron chi connectivity index (χ4n) is 2.85. The Morgan fingerprint density at radius 1 is 1.20 bits per heavy atom. The van der Waals surface area contributed by atoms with Crippen molar-refractivity contribution in [3.8, 4) is 0 Å². The summed E-state index contributed by atoms with van der Waals surface area (Å²) in [5, 5.41) is 3.67. The quantitative estimate of drug-likeness (QED) is 0.909. The molecule has 7 heteroatoms. The van der Waals surface area contributed by atoms with Gasteiger partial charge in [0.05, 0.1) is 10.7 Å². The maximum absolute atomic E-state index is 12.8. The maximum atomic E-state index is 12.8. The van der Waals surface area contributed by atoms with Crippen molar-refractivity contribution in [1.29, 1.82) is 0 Å². The van der Waals surface area contributed by atoms with Gasteiger partial charge in [-0.3, -0.25) is 4.79 Å². The van der Waals surface area contributed by atoms with E-state index < -0.39 is 0 Å². The van der Waals surface area contributed by atoms with Crippen LogP contribution in [0.15, 0.2) is 30.3 Å². The highest BCUT2D eigenvalue weighted by Crippen LogP contribution is 2.23. The zero-order valence-corrected chi connectivity index (χ0v) is 15.3. The summed E-state index contributed by atoms with van der Waals surface area (Å²) in [5.74, 6) is 0.326. The van der Waals surface area contributed by atoms with Crippen LogP contribution < -0.4 is 5.32 Å². The average Bonchev–Trinajstić information content (AvgIpc) is 2.62. The third-order valence-electron chi connectivity index (χ3n) is 4.30. The van der Waals surface area contributed by atoms with Crippen molar-refractivity contribution in [3.05, 3.63) is 46.7 Å². The van der Waals surface area contributed by atoms with Crippen molar-refractivity contribution in [2.75, 3.05) is 38.0 Å². The summed E-state index contributed by atoms with van der Waals surface area (Å²) in [6.07, 6.45) is 0. The molecule has 25 heavy (non-hydrogen) atoms. The van der Waals surface area contributed by atoms with Crippen molar-refractivity contribution >= 4 is 29.1 Å². The number of halogens is 1. The number of rotatable bonds is 4. The number of carbonyl (C=O) groups excluding carboxylic acids is 1. The summed E-state index contributed by atoms with van der Waals surface area (Å²) in [7, 11) is 0. The topological polar surface area (TPSA) is 61.4 Å². The Hall–Kier alpha value is -2.18. The van der Waals surface area contributed by atoms with Gasteiger partial charge in [-0.1, -0.05) is 30.7 Å². The molecule has 0 aliphatic carbocycles. The fourth-order valence-corrected chi connectivity index (χ4v) is 3.03. The third kappa shape index (κ3) is 4.27. The van der Waals surface area contributed by atoms with Crippen LogP contribution in [0.4, 0.5) is 11.6 Å². The van der Waals surface area contributed by atoms with Gasteiger partial charge in [0.25, 0.3) is 5.91 Å². The number of benzene rings is 1. The number of aryl methyl sites for hydroxylation is 1. The molecule has 1 amide bonds. The summed E-state index contributed by atoms with van der Waals surface area (Å²) in [4.78, 5) is 25.7. The van der Waals surface area contributed by atoms with Gasteiger partial charge in [-0.05, 0) is 31.7 Å². The van der Waals surface area contributed by atoms with E-state index in [0.29, 0.717) is 22.4 Å². The number of carbonyl (C=O) groups is 1. The molecule has 0 bridgehead atoms. The van der Waals surface area contributed by atoms with Gasteiger partial charge < -0.3 is 15.1 Å². The molecule has 0 spiro atoms. The van der Waals surface area contributed by atoms with Gasteiger partial charge >= 0.3 is 0 Å². The summed E-state index contributed by atoms with van der Waals surface area (Å²) < 4.78 is 0. The molecular formula is C18H22ClN5O. The average molecular weight is 360 g/mol. The second-order valence-electron chi connectivity index (χ2n) is 6.05. The smallest absolute Gasteiger partial charge is 0.272 e. The fraction of sp³-hybridized carbons (Fsp3) is 0.389. The predicted octanol–water partition coefficient (Wildman–Crippen LogP) is 2.96. The van der Waals surface area contributed by atoms with Gasteiger partial charge in [0, 0.05) is 31.9 Å². The van der Waals surface area contributed by atoms with E-state index in [2.05, 4.69) is 27.1 Å². The van der Waals surface area contributed by atoms with Crippen molar-refractivity contribution in [3.63, 3.8) is 0 Å². The van der Waals surface area contributed by atoms with Crippen LogP contribution in [0.5, 0.6) is 0 Å².